The van der Waals surface area contributed by atoms with Gasteiger partial charge in [-0.25, -0.2) is 18.0 Å². The number of methoxy groups -OCH3 is 1. The molecule has 29 heavy (non-hydrogen) atoms. The van der Waals surface area contributed by atoms with Crippen LogP contribution in [0.1, 0.15) is 29.3 Å². The number of nitrogens with one attached hydrogen (secondary N) is 1. The molecule has 0 saturated carbocycles. The number of rotatable bonds is 6. The molecule has 3 rings (SSSR count). The quantitative estimate of drug-likeness (QED) is 0.717. The number of carbonyl (C=O) groups is 2. The fraction of sp³-hybridized carbons (Fsp3) is 0.300. The summed E-state index contributed by atoms with van der Waals surface area (Å²) in [6.07, 6.45) is -1.10. The SMILES string of the molecule is COc1ccc(C(=O)O[C@@H]2C[C@@H](C)OC2=O)cc1S(=O)(=O)Nc1ccc(C)cc1. The van der Waals surface area contributed by atoms with Crippen molar-refractivity contribution in [1.29, 1.82) is 0 Å². The first-order valence-electron chi connectivity index (χ1n) is 8.88. The van der Waals surface area contributed by atoms with Gasteiger partial charge in [-0.3, -0.25) is 4.72 Å². The van der Waals surface area contributed by atoms with Crippen molar-refractivity contribution >= 4 is 27.6 Å². The van der Waals surface area contributed by atoms with Crippen molar-refractivity contribution in [2.45, 2.75) is 37.4 Å². The average Bonchev–Trinajstić information content (AvgIpc) is 2.99. The molecule has 1 heterocycles. The van der Waals surface area contributed by atoms with Gasteiger partial charge in [0.2, 0.25) is 6.10 Å². The molecular weight excluding hydrogens is 398 g/mol. The molecule has 2 aromatic rings. The second-order valence-corrected chi connectivity index (χ2v) is 8.37. The Morgan fingerprint density at radius 2 is 1.86 bits per heavy atom. The van der Waals surface area contributed by atoms with E-state index in [2.05, 4.69) is 4.72 Å². The van der Waals surface area contributed by atoms with Crippen LogP contribution in [0, 0.1) is 6.92 Å². The summed E-state index contributed by atoms with van der Waals surface area (Å²) in [4.78, 5) is 23.9. The van der Waals surface area contributed by atoms with Crippen molar-refractivity contribution in [3.05, 3.63) is 53.6 Å². The lowest BCUT2D eigenvalue weighted by Gasteiger charge is -2.14. The number of esters is 2. The highest BCUT2D eigenvalue weighted by Gasteiger charge is 2.35. The van der Waals surface area contributed by atoms with Crippen molar-refractivity contribution < 1.29 is 32.2 Å². The van der Waals surface area contributed by atoms with E-state index in [1.165, 1.54) is 19.2 Å². The monoisotopic (exact) mass is 419 g/mol. The number of hydrogen-bond donors (Lipinski definition) is 1. The third-order valence-corrected chi connectivity index (χ3v) is 5.77. The summed E-state index contributed by atoms with van der Waals surface area (Å²) < 4.78 is 43.5. The van der Waals surface area contributed by atoms with Gasteiger partial charge < -0.3 is 14.2 Å². The Morgan fingerprint density at radius 1 is 1.17 bits per heavy atom. The van der Waals surface area contributed by atoms with E-state index in [1.807, 2.05) is 6.92 Å². The smallest absolute Gasteiger partial charge is 0.347 e. The van der Waals surface area contributed by atoms with Crippen molar-refractivity contribution in [3.63, 3.8) is 0 Å². The average molecular weight is 419 g/mol. The molecule has 1 aliphatic rings. The van der Waals surface area contributed by atoms with Gasteiger partial charge in [0, 0.05) is 12.1 Å². The van der Waals surface area contributed by atoms with Crippen LogP contribution < -0.4 is 9.46 Å². The van der Waals surface area contributed by atoms with E-state index in [0.29, 0.717) is 5.69 Å². The Morgan fingerprint density at radius 3 is 2.45 bits per heavy atom. The van der Waals surface area contributed by atoms with Crippen LogP contribution in [-0.4, -0.2) is 39.7 Å². The van der Waals surface area contributed by atoms with Crippen LogP contribution in [0.25, 0.3) is 0 Å². The lowest BCUT2D eigenvalue weighted by atomic mass is 10.2. The van der Waals surface area contributed by atoms with Gasteiger partial charge in [0.15, 0.2) is 0 Å². The number of benzene rings is 2. The molecule has 0 amide bonds. The molecular formula is C20H21NO7S. The van der Waals surface area contributed by atoms with Crippen molar-refractivity contribution in [1.82, 2.24) is 0 Å². The molecule has 2 atom stereocenters. The van der Waals surface area contributed by atoms with Crippen molar-refractivity contribution in [2.24, 2.45) is 0 Å². The molecule has 1 saturated heterocycles. The zero-order valence-electron chi connectivity index (χ0n) is 16.2. The molecule has 0 unspecified atom stereocenters. The van der Waals surface area contributed by atoms with Crippen LogP contribution >= 0.6 is 0 Å². The maximum Gasteiger partial charge on any atom is 0.347 e. The van der Waals surface area contributed by atoms with Gasteiger partial charge in [-0.15, -0.1) is 0 Å². The minimum absolute atomic E-state index is 0.0255. The summed E-state index contributed by atoms with van der Waals surface area (Å²) in [6, 6.07) is 10.7. The van der Waals surface area contributed by atoms with E-state index >= 15 is 0 Å². The Labute approximate surface area is 168 Å². The molecule has 0 aliphatic carbocycles. The van der Waals surface area contributed by atoms with Crippen molar-refractivity contribution in [2.75, 3.05) is 11.8 Å². The number of carbonyl (C=O) groups excluding carboxylic acids is 2. The van der Waals surface area contributed by atoms with Gasteiger partial charge in [-0.2, -0.15) is 0 Å². The number of aryl methyl sites for hydroxylation is 1. The maximum atomic E-state index is 12.9. The summed E-state index contributed by atoms with van der Waals surface area (Å²) >= 11 is 0. The van der Waals surface area contributed by atoms with Crippen LogP contribution in [0.3, 0.4) is 0 Å². The fourth-order valence-corrected chi connectivity index (χ4v) is 4.11. The van der Waals surface area contributed by atoms with E-state index in [9.17, 15) is 18.0 Å². The minimum Gasteiger partial charge on any atom is -0.495 e. The number of cyclic esters (lactones) is 1. The number of ether oxygens (including phenoxy) is 3. The van der Waals surface area contributed by atoms with Crippen molar-refractivity contribution in [3.8, 4) is 5.75 Å². The summed E-state index contributed by atoms with van der Waals surface area (Å²) in [5.41, 5.74) is 1.32. The van der Waals surface area contributed by atoms with Crippen LogP contribution in [-0.2, 0) is 24.3 Å². The summed E-state index contributed by atoms with van der Waals surface area (Å²) in [5, 5.41) is 0. The Kier molecular flexibility index (Phi) is 5.78. The number of anilines is 1. The zero-order valence-corrected chi connectivity index (χ0v) is 17.0. The van der Waals surface area contributed by atoms with Gasteiger partial charge in [-0.05, 0) is 44.2 Å². The molecule has 0 spiro atoms. The van der Waals surface area contributed by atoms with Gasteiger partial charge >= 0.3 is 11.9 Å². The van der Waals surface area contributed by atoms with Gasteiger partial charge in [-0.1, -0.05) is 17.7 Å². The molecule has 0 radical (unpaired) electrons. The molecule has 8 nitrogen and oxygen atoms in total. The van der Waals surface area contributed by atoms with Crippen LogP contribution in [0.2, 0.25) is 0 Å². The molecule has 9 heteroatoms. The van der Waals surface area contributed by atoms with E-state index in [1.54, 1.807) is 31.2 Å². The lowest BCUT2D eigenvalue weighted by molar-refractivity contribution is -0.147. The summed E-state index contributed by atoms with van der Waals surface area (Å²) in [5.74, 6) is -1.38. The molecule has 1 aliphatic heterocycles. The van der Waals surface area contributed by atoms with Crippen LogP contribution in [0.15, 0.2) is 47.4 Å². The molecule has 0 bridgehead atoms. The molecule has 2 aromatic carbocycles. The third kappa shape index (κ3) is 4.68. The van der Waals surface area contributed by atoms with E-state index < -0.39 is 28.1 Å². The van der Waals surface area contributed by atoms with Crippen LogP contribution in [0.5, 0.6) is 5.75 Å². The first kappa shape index (κ1) is 20.7. The normalized spacial score (nSPS) is 18.8. The standard InChI is InChI=1S/C20H21NO7S/c1-12-4-7-15(8-5-12)21-29(24,25)18-11-14(6-9-16(18)26-3)19(22)28-17-10-13(2)27-20(17)23/h4-9,11,13,17,21H,10H2,1-3H3/t13-,17-/m1/s1. The summed E-state index contributed by atoms with van der Waals surface area (Å²) in [7, 11) is -2.72. The fourth-order valence-electron chi connectivity index (χ4n) is 2.86. The highest BCUT2D eigenvalue weighted by Crippen LogP contribution is 2.28. The maximum absolute atomic E-state index is 12.9. The van der Waals surface area contributed by atoms with Gasteiger partial charge in [0.05, 0.1) is 12.7 Å². The van der Waals surface area contributed by atoms with E-state index in [0.717, 1.165) is 11.6 Å². The van der Waals surface area contributed by atoms with E-state index in [4.69, 9.17) is 14.2 Å². The molecule has 0 aromatic heterocycles. The topological polar surface area (TPSA) is 108 Å². The summed E-state index contributed by atoms with van der Waals surface area (Å²) in [6.45, 7) is 3.58. The second-order valence-electron chi connectivity index (χ2n) is 6.71. The van der Waals surface area contributed by atoms with Crippen LogP contribution in [0.4, 0.5) is 5.69 Å². The second kappa shape index (κ2) is 8.12. The lowest BCUT2D eigenvalue weighted by Crippen LogP contribution is -2.23. The van der Waals surface area contributed by atoms with Gasteiger partial charge in [0.25, 0.3) is 10.0 Å². The molecule has 1 fully saturated rings. The predicted molar refractivity (Wildman–Crippen MR) is 104 cm³/mol. The first-order chi connectivity index (χ1) is 13.7. The molecule has 154 valence electrons. The molecule has 1 N–H and O–H groups in total. The number of sulfonamides is 1. The Bertz CT molecular complexity index is 1030. The highest BCUT2D eigenvalue weighted by atomic mass is 32.2. The minimum atomic E-state index is -4.05. The zero-order chi connectivity index (χ0) is 21.2. The Balaban J connectivity index is 1.87. The number of hydrogen-bond acceptors (Lipinski definition) is 7. The Hall–Kier alpha value is -3.07. The van der Waals surface area contributed by atoms with Gasteiger partial charge in [0.1, 0.15) is 16.7 Å². The first-order valence-corrected chi connectivity index (χ1v) is 10.4. The largest absolute Gasteiger partial charge is 0.495 e. The third-order valence-electron chi connectivity index (χ3n) is 4.37. The highest BCUT2D eigenvalue weighted by molar-refractivity contribution is 7.92. The predicted octanol–water partition coefficient (Wildman–Crippen LogP) is 2.67. The van der Waals surface area contributed by atoms with E-state index in [-0.39, 0.29) is 28.7 Å².